The Kier molecular flexibility index (Phi) is 4.59. The van der Waals surface area contributed by atoms with Crippen LogP contribution in [0.3, 0.4) is 0 Å². The van der Waals surface area contributed by atoms with Gasteiger partial charge in [-0.25, -0.2) is 0 Å². The fourth-order valence-electron chi connectivity index (χ4n) is 1.04. The zero-order valence-corrected chi connectivity index (χ0v) is 9.14. The molecule has 7 heteroatoms. The molecule has 0 saturated carbocycles. The van der Waals surface area contributed by atoms with Crippen LogP contribution in [0.2, 0.25) is 0 Å². The molecule has 7 nitrogen and oxygen atoms in total. The van der Waals surface area contributed by atoms with Crippen molar-refractivity contribution in [1.82, 2.24) is 9.97 Å². The molecule has 0 atom stereocenters. The van der Waals surface area contributed by atoms with Gasteiger partial charge in [0.1, 0.15) is 0 Å². The van der Waals surface area contributed by atoms with Crippen LogP contribution in [0.4, 0.5) is 11.6 Å². The van der Waals surface area contributed by atoms with Gasteiger partial charge in [-0.3, -0.25) is 0 Å². The summed E-state index contributed by atoms with van der Waals surface area (Å²) in [5, 5.41) is 8.61. The average Bonchev–Trinajstić information content (AvgIpc) is 2.25. The van der Waals surface area contributed by atoms with Gasteiger partial charge >= 0.3 is 0 Å². The SMILES string of the molecule is CCOc1nc(N)nc(OCCCO)c1N. The third kappa shape index (κ3) is 3.13. The minimum absolute atomic E-state index is 0.0386. The largest absolute Gasteiger partial charge is 0.476 e. The van der Waals surface area contributed by atoms with Crippen LogP contribution in [-0.4, -0.2) is 34.9 Å². The quantitative estimate of drug-likeness (QED) is 0.577. The maximum Gasteiger partial charge on any atom is 0.246 e. The van der Waals surface area contributed by atoms with Crippen LogP contribution in [0.1, 0.15) is 13.3 Å². The Labute approximate surface area is 93.4 Å². The molecule has 0 aliphatic rings. The number of hydrogen-bond acceptors (Lipinski definition) is 7. The lowest BCUT2D eigenvalue weighted by Crippen LogP contribution is -2.09. The standard InChI is InChI=1S/C9H16N4O3/c1-2-15-7-6(10)8(13-9(11)12-7)16-5-3-4-14/h14H,2-5,10H2,1H3,(H2,11,12,13). The summed E-state index contributed by atoms with van der Waals surface area (Å²) in [7, 11) is 0. The molecule has 1 heterocycles. The van der Waals surface area contributed by atoms with E-state index >= 15 is 0 Å². The summed E-state index contributed by atoms with van der Waals surface area (Å²) >= 11 is 0. The first-order chi connectivity index (χ1) is 7.69. The molecule has 0 fully saturated rings. The number of rotatable bonds is 6. The smallest absolute Gasteiger partial charge is 0.246 e. The van der Waals surface area contributed by atoms with E-state index in [1.807, 2.05) is 6.92 Å². The maximum atomic E-state index is 8.61. The Morgan fingerprint density at radius 1 is 1.19 bits per heavy atom. The third-order valence-electron chi connectivity index (χ3n) is 1.72. The molecular weight excluding hydrogens is 212 g/mol. The lowest BCUT2D eigenvalue weighted by Gasteiger charge is -2.11. The highest BCUT2D eigenvalue weighted by Crippen LogP contribution is 2.28. The van der Waals surface area contributed by atoms with Crippen molar-refractivity contribution < 1.29 is 14.6 Å². The highest BCUT2D eigenvalue weighted by atomic mass is 16.5. The molecule has 0 spiro atoms. The van der Waals surface area contributed by atoms with Gasteiger partial charge in [0.25, 0.3) is 0 Å². The molecule has 0 amide bonds. The van der Waals surface area contributed by atoms with Crippen molar-refractivity contribution in [3.63, 3.8) is 0 Å². The molecule has 16 heavy (non-hydrogen) atoms. The molecule has 0 aliphatic carbocycles. The predicted octanol–water partition coefficient (Wildman–Crippen LogP) is -0.199. The van der Waals surface area contributed by atoms with E-state index in [4.69, 9.17) is 26.0 Å². The summed E-state index contributed by atoms with van der Waals surface area (Å²) in [6.45, 7) is 2.59. The van der Waals surface area contributed by atoms with E-state index in [9.17, 15) is 0 Å². The molecule has 1 rings (SSSR count). The van der Waals surface area contributed by atoms with Gasteiger partial charge in [-0.15, -0.1) is 0 Å². The molecule has 90 valence electrons. The highest BCUT2D eigenvalue weighted by Gasteiger charge is 2.12. The number of aromatic nitrogens is 2. The van der Waals surface area contributed by atoms with E-state index in [1.54, 1.807) is 0 Å². The topological polar surface area (TPSA) is 117 Å². The van der Waals surface area contributed by atoms with E-state index in [1.165, 1.54) is 0 Å². The number of ether oxygens (including phenoxy) is 2. The van der Waals surface area contributed by atoms with Crippen LogP contribution >= 0.6 is 0 Å². The van der Waals surface area contributed by atoms with Gasteiger partial charge < -0.3 is 26.0 Å². The third-order valence-corrected chi connectivity index (χ3v) is 1.72. The van der Waals surface area contributed by atoms with Crippen molar-refractivity contribution in [1.29, 1.82) is 0 Å². The fourth-order valence-corrected chi connectivity index (χ4v) is 1.04. The first kappa shape index (κ1) is 12.3. The molecule has 0 aliphatic heterocycles. The number of aliphatic hydroxyl groups excluding tert-OH is 1. The summed E-state index contributed by atoms with van der Waals surface area (Å²) in [4.78, 5) is 7.69. The summed E-state index contributed by atoms with van der Waals surface area (Å²) in [5.74, 6) is 0.440. The molecular formula is C9H16N4O3. The predicted molar refractivity (Wildman–Crippen MR) is 59.2 cm³/mol. The number of nitrogens with two attached hydrogens (primary N) is 2. The Balaban J connectivity index is 2.81. The van der Waals surface area contributed by atoms with Crippen LogP contribution < -0.4 is 20.9 Å². The van der Waals surface area contributed by atoms with Crippen LogP contribution in [0, 0.1) is 0 Å². The second-order valence-electron chi connectivity index (χ2n) is 2.96. The molecule has 5 N–H and O–H groups in total. The zero-order chi connectivity index (χ0) is 12.0. The minimum Gasteiger partial charge on any atom is -0.476 e. The monoisotopic (exact) mass is 228 g/mol. The summed E-state index contributed by atoms with van der Waals surface area (Å²) in [5.41, 5.74) is 11.4. The fraction of sp³-hybridized carbons (Fsp3) is 0.556. The number of nitrogens with zero attached hydrogens (tertiary/aromatic N) is 2. The second kappa shape index (κ2) is 5.96. The molecule has 0 bridgehead atoms. The van der Waals surface area contributed by atoms with Gasteiger partial charge in [0.05, 0.1) is 13.2 Å². The Bertz CT molecular complexity index is 346. The first-order valence-corrected chi connectivity index (χ1v) is 4.98. The Morgan fingerprint density at radius 3 is 2.38 bits per heavy atom. The van der Waals surface area contributed by atoms with E-state index < -0.39 is 0 Å². The minimum atomic E-state index is 0.0386. The number of hydrogen-bond donors (Lipinski definition) is 3. The summed E-state index contributed by atoms with van der Waals surface area (Å²) < 4.78 is 10.4. The molecule has 0 radical (unpaired) electrons. The summed E-state index contributed by atoms with van der Waals surface area (Å²) in [6, 6.07) is 0. The van der Waals surface area contributed by atoms with Gasteiger partial charge in [0.2, 0.25) is 17.7 Å². The van der Waals surface area contributed by atoms with Gasteiger partial charge in [0.15, 0.2) is 5.69 Å². The van der Waals surface area contributed by atoms with Gasteiger partial charge in [0, 0.05) is 13.0 Å². The Morgan fingerprint density at radius 2 is 1.81 bits per heavy atom. The molecule has 1 aromatic heterocycles. The lowest BCUT2D eigenvalue weighted by molar-refractivity contribution is 0.229. The van der Waals surface area contributed by atoms with E-state index in [2.05, 4.69) is 9.97 Å². The van der Waals surface area contributed by atoms with Gasteiger partial charge in [-0.2, -0.15) is 9.97 Å². The van der Waals surface area contributed by atoms with Crippen molar-refractivity contribution >= 4 is 11.6 Å². The van der Waals surface area contributed by atoms with Crippen molar-refractivity contribution in [3.8, 4) is 11.8 Å². The number of aliphatic hydroxyl groups is 1. The molecule has 0 saturated heterocycles. The maximum absolute atomic E-state index is 8.61. The van der Waals surface area contributed by atoms with Crippen molar-refractivity contribution in [2.24, 2.45) is 0 Å². The normalized spacial score (nSPS) is 10.1. The Hall–Kier alpha value is -1.76. The lowest BCUT2D eigenvalue weighted by atomic mass is 10.4. The average molecular weight is 228 g/mol. The van der Waals surface area contributed by atoms with Crippen LogP contribution in [0.25, 0.3) is 0 Å². The van der Waals surface area contributed by atoms with Crippen LogP contribution in [0.5, 0.6) is 11.8 Å². The second-order valence-corrected chi connectivity index (χ2v) is 2.96. The van der Waals surface area contributed by atoms with Crippen molar-refractivity contribution in [2.45, 2.75) is 13.3 Å². The molecule has 0 aromatic carbocycles. The first-order valence-electron chi connectivity index (χ1n) is 4.98. The highest BCUT2D eigenvalue weighted by molar-refractivity contribution is 5.58. The number of anilines is 2. The molecule has 1 aromatic rings. The van der Waals surface area contributed by atoms with E-state index in [0.29, 0.717) is 19.6 Å². The van der Waals surface area contributed by atoms with E-state index in [-0.39, 0.29) is 30.0 Å². The summed E-state index contributed by atoms with van der Waals surface area (Å²) in [6.07, 6.45) is 0.493. The zero-order valence-electron chi connectivity index (χ0n) is 9.14. The van der Waals surface area contributed by atoms with Gasteiger partial charge in [-0.05, 0) is 6.92 Å². The van der Waals surface area contributed by atoms with Crippen LogP contribution in [-0.2, 0) is 0 Å². The van der Waals surface area contributed by atoms with Crippen molar-refractivity contribution in [2.75, 3.05) is 31.3 Å². The van der Waals surface area contributed by atoms with Crippen LogP contribution in [0.15, 0.2) is 0 Å². The van der Waals surface area contributed by atoms with Crippen molar-refractivity contribution in [3.05, 3.63) is 0 Å². The molecule has 0 unspecified atom stereocenters. The van der Waals surface area contributed by atoms with Gasteiger partial charge in [-0.1, -0.05) is 0 Å². The number of nitrogen functional groups attached to an aromatic ring is 2. The van der Waals surface area contributed by atoms with E-state index in [0.717, 1.165) is 0 Å².